The second kappa shape index (κ2) is 6.22. The lowest BCUT2D eigenvalue weighted by molar-refractivity contribution is 0.201. The molecule has 0 spiro atoms. The number of methoxy groups -OCH3 is 1. The maximum absolute atomic E-state index is 12.0. The molecule has 0 radical (unpaired) electrons. The van der Waals surface area contributed by atoms with Crippen molar-refractivity contribution in [1.82, 2.24) is 20.0 Å². The SMILES string of the molecule is CNC(=O)Oc1nc(OC)cc2c1[nH]c1ccc(S(=O)(=O)NC)cc12. The Morgan fingerprint density at radius 1 is 1.20 bits per heavy atom. The van der Waals surface area contributed by atoms with Crippen molar-refractivity contribution in [3.05, 3.63) is 24.3 Å². The van der Waals surface area contributed by atoms with Gasteiger partial charge in [0.05, 0.1) is 12.0 Å². The Hall–Kier alpha value is -2.85. The molecular formula is C15H16N4O5S. The molecule has 9 nitrogen and oxygen atoms in total. The van der Waals surface area contributed by atoms with Crippen LogP contribution in [-0.2, 0) is 10.0 Å². The van der Waals surface area contributed by atoms with Crippen molar-refractivity contribution in [2.45, 2.75) is 4.90 Å². The van der Waals surface area contributed by atoms with E-state index in [0.717, 1.165) is 0 Å². The summed E-state index contributed by atoms with van der Waals surface area (Å²) in [7, 11) is 0.618. The Kier molecular flexibility index (Phi) is 4.23. The van der Waals surface area contributed by atoms with E-state index >= 15 is 0 Å². The first-order valence-corrected chi connectivity index (χ1v) is 8.71. The van der Waals surface area contributed by atoms with E-state index in [1.165, 1.54) is 33.3 Å². The van der Waals surface area contributed by atoms with Gasteiger partial charge in [0.1, 0.15) is 5.52 Å². The number of hydrogen-bond donors (Lipinski definition) is 3. The zero-order chi connectivity index (χ0) is 18.2. The number of amides is 1. The molecule has 0 aliphatic carbocycles. The standard InChI is InChI=1S/C15H16N4O5S/c1-16-15(20)24-14-13-10(7-12(19-14)23-3)9-6-8(25(21,22)17-2)4-5-11(9)18-13/h4-7,17-18H,1-3H3,(H,16,20). The zero-order valence-electron chi connectivity index (χ0n) is 13.7. The molecule has 0 aliphatic heterocycles. The van der Waals surface area contributed by atoms with Gasteiger partial charge in [-0.25, -0.2) is 17.9 Å². The first-order chi connectivity index (χ1) is 11.9. The van der Waals surface area contributed by atoms with Crippen molar-refractivity contribution in [1.29, 1.82) is 0 Å². The van der Waals surface area contributed by atoms with Crippen LogP contribution in [0.1, 0.15) is 0 Å². The highest BCUT2D eigenvalue weighted by atomic mass is 32.2. The number of aromatic nitrogens is 2. The van der Waals surface area contributed by atoms with Crippen molar-refractivity contribution >= 4 is 37.9 Å². The number of carbonyl (C=O) groups is 1. The minimum Gasteiger partial charge on any atom is -0.481 e. The van der Waals surface area contributed by atoms with Gasteiger partial charge in [-0.2, -0.15) is 4.98 Å². The van der Waals surface area contributed by atoms with E-state index in [1.54, 1.807) is 12.1 Å². The fraction of sp³-hybridized carbons (Fsp3) is 0.200. The van der Waals surface area contributed by atoms with Crippen LogP contribution in [0.3, 0.4) is 0 Å². The Morgan fingerprint density at radius 3 is 2.60 bits per heavy atom. The zero-order valence-corrected chi connectivity index (χ0v) is 14.5. The molecule has 132 valence electrons. The highest BCUT2D eigenvalue weighted by molar-refractivity contribution is 7.89. The summed E-state index contributed by atoms with van der Waals surface area (Å²) < 4.78 is 36.7. The summed E-state index contributed by atoms with van der Waals surface area (Å²) in [4.78, 5) is 18.9. The van der Waals surface area contributed by atoms with Crippen LogP contribution < -0.4 is 19.5 Å². The van der Waals surface area contributed by atoms with E-state index in [-0.39, 0.29) is 16.7 Å². The lowest BCUT2D eigenvalue weighted by Gasteiger charge is -2.06. The number of benzene rings is 1. The normalized spacial score (nSPS) is 11.6. The topological polar surface area (TPSA) is 122 Å². The average Bonchev–Trinajstić information content (AvgIpc) is 2.99. The second-order valence-electron chi connectivity index (χ2n) is 5.07. The number of aromatic amines is 1. The Bertz CT molecular complexity index is 1070. The third-order valence-corrected chi connectivity index (χ3v) is 5.10. The molecule has 0 unspecified atom stereocenters. The monoisotopic (exact) mass is 364 g/mol. The summed E-state index contributed by atoms with van der Waals surface area (Å²) >= 11 is 0. The van der Waals surface area contributed by atoms with Gasteiger partial charge in [0.25, 0.3) is 5.88 Å². The molecular weight excluding hydrogens is 348 g/mol. The predicted molar refractivity (Wildman–Crippen MR) is 91.5 cm³/mol. The van der Waals surface area contributed by atoms with Crippen molar-refractivity contribution in [3.63, 3.8) is 0 Å². The highest BCUT2D eigenvalue weighted by Crippen LogP contribution is 2.34. The molecule has 3 N–H and O–H groups in total. The molecule has 2 heterocycles. The summed E-state index contributed by atoms with van der Waals surface area (Å²) in [5.41, 5.74) is 1.13. The third-order valence-electron chi connectivity index (χ3n) is 3.69. The molecule has 2 aromatic heterocycles. The number of hydrogen-bond acceptors (Lipinski definition) is 6. The summed E-state index contributed by atoms with van der Waals surface area (Å²) in [6.45, 7) is 0. The van der Waals surface area contributed by atoms with Gasteiger partial charge in [-0.3, -0.25) is 0 Å². The number of nitrogens with zero attached hydrogens (tertiary/aromatic N) is 1. The molecule has 10 heteroatoms. The molecule has 1 amide bonds. The Morgan fingerprint density at radius 2 is 1.96 bits per heavy atom. The summed E-state index contributed by atoms with van der Waals surface area (Å²) in [6.07, 6.45) is -0.681. The maximum atomic E-state index is 12.0. The van der Waals surface area contributed by atoms with Crippen LogP contribution in [-0.4, -0.2) is 45.7 Å². The van der Waals surface area contributed by atoms with E-state index in [2.05, 4.69) is 20.0 Å². The van der Waals surface area contributed by atoms with Crippen molar-refractivity contribution in [2.75, 3.05) is 21.2 Å². The Labute approximate surface area is 143 Å². The van der Waals surface area contributed by atoms with Gasteiger partial charge in [-0.1, -0.05) is 0 Å². The van der Waals surface area contributed by atoms with Crippen molar-refractivity contribution in [2.24, 2.45) is 0 Å². The summed E-state index contributed by atoms with van der Waals surface area (Å²) in [5.74, 6) is 0.261. The highest BCUT2D eigenvalue weighted by Gasteiger charge is 2.18. The second-order valence-corrected chi connectivity index (χ2v) is 6.96. The van der Waals surface area contributed by atoms with E-state index in [0.29, 0.717) is 21.8 Å². The largest absolute Gasteiger partial charge is 0.481 e. The summed E-state index contributed by atoms with van der Waals surface area (Å²) in [5, 5.41) is 3.60. The van der Waals surface area contributed by atoms with Crippen LogP contribution >= 0.6 is 0 Å². The van der Waals surface area contributed by atoms with E-state index < -0.39 is 16.1 Å². The Balaban J connectivity index is 2.30. The van der Waals surface area contributed by atoms with Gasteiger partial charge in [0, 0.05) is 29.4 Å². The number of pyridine rings is 1. The number of carbonyl (C=O) groups excluding carboxylic acids is 1. The van der Waals surface area contributed by atoms with Gasteiger partial charge in [0.15, 0.2) is 0 Å². The van der Waals surface area contributed by atoms with Gasteiger partial charge in [-0.05, 0) is 25.2 Å². The quantitative estimate of drug-likeness (QED) is 0.642. The van der Waals surface area contributed by atoms with Crippen LogP contribution in [0.15, 0.2) is 29.2 Å². The van der Waals surface area contributed by atoms with Gasteiger partial charge >= 0.3 is 6.09 Å². The van der Waals surface area contributed by atoms with E-state index in [1.807, 2.05) is 0 Å². The fourth-order valence-corrected chi connectivity index (χ4v) is 3.18. The third kappa shape index (κ3) is 2.96. The average molecular weight is 364 g/mol. The smallest absolute Gasteiger partial charge is 0.413 e. The van der Waals surface area contributed by atoms with Crippen LogP contribution in [0, 0.1) is 0 Å². The predicted octanol–water partition coefficient (Wildman–Crippen LogP) is 1.35. The van der Waals surface area contributed by atoms with Gasteiger partial charge < -0.3 is 19.8 Å². The number of rotatable bonds is 4. The van der Waals surface area contributed by atoms with Crippen LogP contribution in [0.25, 0.3) is 21.8 Å². The molecule has 0 fully saturated rings. The lowest BCUT2D eigenvalue weighted by Crippen LogP contribution is -2.22. The van der Waals surface area contributed by atoms with E-state index in [9.17, 15) is 13.2 Å². The molecule has 0 saturated heterocycles. The van der Waals surface area contributed by atoms with Crippen LogP contribution in [0.4, 0.5) is 4.79 Å². The molecule has 0 aliphatic rings. The minimum absolute atomic E-state index is 0.0305. The lowest BCUT2D eigenvalue weighted by atomic mass is 10.2. The van der Waals surface area contributed by atoms with E-state index in [4.69, 9.17) is 9.47 Å². The molecule has 3 rings (SSSR count). The fourth-order valence-electron chi connectivity index (χ4n) is 2.42. The molecule has 25 heavy (non-hydrogen) atoms. The first kappa shape index (κ1) is 17.0. The van der Waals surface area contributed by atoms with Gasteiger partial charge in [0.2, 0.25) is 15.9 Å². The number of H-pyrrole nitrogens is 1. The molecule has 1 aromatic carbocycles. The van der Waals surface area contributed by atoms with Gasteiger partial charge in [-0.15, -0.1) is 0 Å². The number of nitrogens with one attached hydrogen (secondary N) is 3. The molecule has 0 atom stereocenters. The molecule has 0 saturated carbocycles. The number of fused-ring (bicyclic) bond motifs is 3. The minimum atomic E-state index is -3.59. The van der Waals surface area contributed by atoms with Crippen molar-refractivity contribution in [3.8, 4) is 11.8 Å². The summed E-state index contributed by atoms with van der Waals surface area (Å²) in [6, 6.07) is 6.28. The molecule has 3 aromatic rings. The molecule has 0 bridgehead atoms. The number of ether oxygens (including phenoxy) is 2. The van der Waals surface area contributed by atoms with Crippen molar-refractivity contribution < 1.29 is 22.7 Å². The number of sulfonamides is 1. The first-order valence-electron chi connectivity index (χ1n) is 7.23. The van der Waals surface area contributed by atoms with Crippen LogP contribution in [0.5, 0.6) is 11.8 Å². The maximum Gasteiger partial charge on any atom is 0.413 e. The van der Waals surface area contributed by atoms with Crippen LogP contribution in [0.2, 0.25) is 0 Å².